The molecule has 21 heavy (non-hydrogen) atoms. The van der Waals surface area contributed by atoms with Crippen LogP contribution in [-0.4, -0.2) is 50.4 Å². The summed E-state index contributed by atoms with van der Waals surface area (Å²) in [7, 11) is -3.03. The third-order valence-corrected chi connectivity index (χ3v) is 4.70. The van der Waals surface area contributed by atoms with Crippen LogP contribution in [0.15, 0.2) is 23.1 Å². The van der Waals surface area contributed by atoms with Crippen LogP contribution in [0.2, 0.25) is 0 Å². The molecular formula is C12H15F2NO5S. The molecule has 0 aromatic heterocycles. The summed E-state index contributed by atoms with van der Waals surface area (Å²) in [5.41, 5.74) is -0.164. The summed E-state index contributed by atoms with van der Waals surface area (Å²) in [6, 6.07) is 3.14. The molecule has 1 rings (SSSR count). The quantitative estimate of drug-likeness (QED) is 0.825. The highest BCUT2D eigenvalue weighted by atomic mass is 32.2. The molecule has 0 aliphatic rings. The average molecular weight is 323 g/mol. The van der Waals surface area contributed by atoms with Crippen molar-refractivity contribution in [1.29, 1.82) is 0 Å². The number of carboxylic acids is 1. The number of sulfonamides is 1. The summed E-state index contributed by atoms with van der Waals surface area (Å²) in [6.45, 7) is 0.344. The molecule has 6 nitrogen and oxygen atoms in total. The Balaban J connectivity index is 3.33. The Kier molecular flexibility index (Phi) is 5.62. The number of carbonyl (C=O) groups is 1. The zero-order valence-corrected chi connectivity index (χ0v) is 12.2. The Hall–Kier alpha value is -1.74. The molecule has 0 atom stereocenters. The number of benzene rings is 1. The molecule has 1 N–H and O–H groups in total. The lowest BCUT2D eigenvalue weighted by atomic mass is 10.2. The van der Waals surface area contributed by atoms with Gasteiger partial charge in [0.2, 0.25) is 10.0 Å². The van der Waals surface area contributed by atoms with Crippen LogP contribution < -0.4 is 4.74 Å². The van der Waals surface area contributed by atoms with Crippen molar-refractivity contribution in [2.45, 2.75) is 18.2 Å². The van der Waals surface area contributed by atoms with E-state index in [2.05, 4.69) is 0 Å². The SMILES string of the molecule is CCN(CC(F)F)S(=O)(=O)c1ccc(C(=O)O)cc1OC. The van der Waals surface area contributed by atoms with Crippen molar-refractivity contribution >= 4 is 16.0 Å². The molecule has 0 spiro atoms. The zero-order chi connectivity index (χ0) is 16.2. The topological polar surface area (TPSA) is 83.9 Å². The van der Waals surface area contributed by atoms with Gasteiger partial charge in [0.25, 0.3) is 6.43 Å². The fraction of sp³-hybridized carbons (Fsp3) is 0.417. The lowest BCUT2D eigenvalue weighted by Crippen LogP contribution is -2.35. The second kappa shape index (κ2) is 6.81. The predicted molar refractivity (Wildman–Crippen MR) is 70.4 cm³/mol. The van der Waals surface area contributed by atoms with Gasteiger partial charge in [0.15, 0.2) is 0 Å². The van der Waals surface area contributed by atoms with Gasteiger partial charge in [-0.05, 0) is 18.2 Å². The molecule has 0 unspecified atom stereocenters. The van der Waals surface area contributed by atoms with E-state index in [0.717, 1.165) is 18.2 Å². The van der Waals surface area contributed by atoms with E-state index in [4.69, 9.17) is 9.84 Å². The molecule has 1 aromatic rings. The Morgan fingerprint density at radius 3 is 2.48 bits per heavy atom. The van der Waals surface area contributed by atoms with Crippen molar-refractivity contribution in [2.24, 2.45) is 0 Å². The second-order valence-electron chi connectivity index (χ2n) is 4.02. The van der Waals surface area contributed by atoms with Crippen molar-refractivity contribution in [2.75, 3.05) is 20.2 Å². The standard InChI is InChI=1S/C12H15F2NO5S/c1-3-15(7-11(13)14)21(18,19)10-5-4-8(12(16)17)6-9(10)20-2/h4-6,11H,3,7H2,1-2H3,(H,16,17). The van der Waals surface area contributed by atoms with E-state index in [1.54, 1.807) is 0 Å². The van der Waals surface area contributed by atoms with Crippen LogP contribution in [0, 0.1) is 0 Å². The molecular weight excluding hydrogens is 308 g/mol. The minimum absolute atomic E-state index is 0.142. The highest BCUT2D eigenvalue weighted by Gasteiger charge is 2.29. The van der Waals surface area contributed by atoms with Crippen LogP contribution in [0.3, 0.4) is 0 Å². The van der Waals surface area contributed by atoms with E-state index in [-0.39, 0.29) is 22.8 Å². The summed E-state index contributed by atoms with van der Waals surface area (Å²) < 4.78 is 55.0. The molecule has 0 aliphatic carbocycles. The van der Waals surface area contributed by atoms with Crippen molar-refractivity contribution in [3.63, 3.8) is 0 Å². The summed E-state index contributed by atoms with van der Waals surface area (Å²) in [5, 5.41) is 8.86. The van der Waals surface area contributed by atoms with Gasteiger partial charge in [0.05, 0.1) is 19.2 Å². The van der Waals surface area contributed by atoms with E-state index in [0.29, 0.717) is 4.31 Å². The summed E-state index contributed by atoms with van der Waals surface area (Å²) in [6.07, 6.45) is -2.82. The van der Waals surface area contributed by atoms with E-state index in [1.807, 2.05) is 0 Å². The van der Waals surface area contributed by atoms with E-state index < -0.39 is 29.0 Å². The van der Waals surface area contributed by atoms with Gasteiger partial charge in [-0.15, -0.1) is 0 Å². The number of ether oxygens (including phenoxy) is 1. The summed E-state index contributed by atoms with van der Waals surface area (Å²) in [4.78, 5) is 10.5. The molecule has 0 saturated carbocycles. The Morgan fingerprint density at radius 1 is 1.43 bits per heavy atom. The number of alkyl halides is 2. The third-order valence-electron chi connectivity index (χ3n) is 2.72. The number of hydrogen-bond acceptors (Lipinski definition) is 4. The minimum atomic E-state index is -4.20. The zero-order valence-electron chi connectivity index (χ0n) is 11.4. The molecule has 0 saturated heterocycles. The monoisotopic (exact) mass is 323 g/mol. The van der Waals surface area contributed by atoms with Crippen molar-refractivity contribution < 1.29 is 31.8 Å². The lowest BCUT2D eigenvalue weighted by molar-refractivity contribution is 0.0696. The van der Waals surface area contributed by atoms with Crippen LogP contribution in [-0.2, 0) is 10.0 Å². The first kappa shape index (κ1) is 17.3. The summed E-state index contributed by atoms with van der Waals surface area (Å²) >= 11 is 0. The number of nitrogens with zero attached hydrogens (tertiary/aromatic N) is 1. The van der Waals surface area contributed by atoms with E-state index in [1.165, 1.54) is 14.0 Å². The molecule has 0 amide bonds. The van der Waals surface area contributed by atoms with Gasteiger partial charge in [0, 0.05) is 6.54 Å². The number of hydrogen-bond donors (Lipinski definition) is 1. The minimum Gasteiger partial charge on any atom is -0.495 e. The average Bonchev–Trinajstić information content (AvgIpc) is 2.43. The Bertz CT molecular complexity index is 618. The largest absolute Gasteiger partial charge is 0.495 e. The molecule has 0 radical (unpaired) electrons. The maximum atomic E-state index is 12.5. The normalized spacial score (nSPS) is 11.9. The molecule has 1 aromatic carbocycles. The molecule has 0 bridgehead atoms. The Labute approximate surface area is 121 Å². The molecule has 9 heteroatoms. The van der Waals surface area contributed by atoms with Crippen molar-refractivity contribution in [1.82, 2.24) is 4.31 Å². The summed E-state index contributed by atoms with van der Waals surface area (Å²) in [5.74, 6) is -1.46. The van der Waals surface area contributed by atoms with E-state index >= 15 is 0 Å². The van der Waals surface area contributed by atoms with Gasteiger partial charge in [-0.1, -0.05) is 6.92 Å². The molecule has 0 heterocycles. The van der Waals surface area contributed by atoms with E-state index in [9.17, 15) is 22.0 Å². The number of methoxy groups -OCH3 is 1. The maximum absolute atomic E-state index is 12.5. The van der Waals surface area contributed by atoms with Gasteiger partial charge < -0.3 is 9.84 Å². The second-order valence-corrected chi connectivity index (χ2v) is 5.92. The van der Waals surface area contributed by atoms with Crippen LogP contribution in [0.5, 0.6) is 5.75 Å². The highest BCUT2D eigenvalue weighted by Crippen LogP contribution is 2.28. The number of rotatable bonds is 7. The van der Waals surface area contributed by atoms with Gasteiger partial charge in [-0.2, -0.15) is 4.31 Å². The number of halogens is 2. The first-order chi connectivity index (χ1) is 9.73. The maximum Gasteiger partial charge on any atom is 0.335 e. The first-order valence-corrected chi connectivity index (χ1v) is 7.37. The lowest BCUT2D eigenvalue weighted by Gasteiger charge is -2.21. The van der Waals surface area contributed by atoms with Gasteiger partial charge in [-0.25, -0.2) is 22.0 Å². The van der Waals surface area contributed by atoms with Crippen molar-refractivity contribution in [3.8, 4) is 5.75 Å². The highest BCUT2D eigenvalue weighted by molar-refractivity contribution is 7.89. The van der Waals surface area contributed by atoms with Crippen LogP contribution in [0.25, 0.3) is 0 Å². The molecule has 0 aliphatic heterocycles. The fourth-order valence-electron chi connectivity index (χ4n) is 1.70. The van der Waals surface area contributed by atoms with Crippen LogP contribution in [0.1, 0.15) is 17.3 Å². The van der Waals surface area contributed by atoms with Gasteiger partial charge in [-0.3, -0.25) is 0 Å². The number of aromatic carboxylic acids is 1. The molecule has 0 fully saturated rings. The smallest absolute Gasteiger partial charge is 0.335 e. The van der Waals surface area contributed by atoms with Gasteiger partial charge >= 0.3 is 5.97 Å². The van der Waals surface area contributed by atoms with Crippen molar-refractivity contribution in [3.05, 3.63) is 23.8 Å². The Morgan fingerprint density at radius 2 is 2.05 bits per heavy atom. The van der Waals surface area contributed by atoms with Crippen LogP contribution >= 0.6 is 0 Å². The predicted octanol–water partition coefficient (Wildman–Crippen LogP) is 1.67. The first-order valence-electron chi connectivity index (χ1n) is 5.93. The number of carboxylic acid groups (broad SMARTS) is 1. The third kappa shape index (κ3) is 3.88. The molecule has 118 valence electrons. The van der Waals surface area contributed by atoms with Gasteiger partial charge in [0.1, 0.15) is 10.6 Å². The fourth-order valence-corrected chi connectivity index (χ4v) is 3.27. The van der Waals surface area contributed by atoms with Crippen LogP contribution in [0.4, 0.5) is 8.78 Å².